The molecule has 0 amide bonds. The molecule has 1 saturated heterocycles. The molecule has 0 radical (unpaired) electrons. The number of aliphatic hydroxyl groups is 1. The van der Waals surface area contributed by atoms with E-state index in [0.29, 0.717) is 5.69 Å². The molecule has 1 atom stereocenters. The van der Waals surface area contributed by atoms with E-state index in [-0.39, 0.29) is 11.8 Å². The lowest BCUT2D eigenvalue weighted by Gasteiger charge is -2.41. The van der Waals surface area contributed by atoms with Crippen LogP contribution >= 0.6 is 0 Å². The second kappa shape index (κ2) is 8.71. The van der Waals surface area contributed by atoms with Crippen molar-refractivity contribution in [1.82, 2.24) is 20.2 Å². The zero-order chi connectivity index (χ0) is 22.0. The van der Waals surface area contributed by atoms with Crippen LogP contribution in [0.4, 0.5) is 11.6 Å². The summed E-state index contributed by atoms with van der Waals surface area (Å²) in [6.45, 7) is 12.4. The average molecular weight is 417 g/mol. The number of hydrogen-bond donors (Lipinski definition) is 1. The third-order valence-corrected chi connectivity index (χ3v) is 5.97. The predicted molar refractivity (Wildman–Crippen MR) is 123 cm³/mol. The monoisotopic (exact) mass is 416 g/mol. The van der Waals surface area contributed by atoms with Crippen molar-refractivity contribution in [1.29, 1.82) is 0 Å². The topological polar surface area (TPSA) is 78.3 Å². The summed E-state index contributed by atoms with van der Waals surface area (Å²) >= 11 is 0. The standard InChI is InChI=1S/C24H28N6O/c1-16-15-29(10-11-30(16)23-14-25-22(13-26-23)19(4)31)24-18(3)17(2)21(27-28-24)12-20-8-6-5-7-9-20/h5-9,13-14,16,31H,4,10-12,15H2,1-3H3/t16-/m1/s1. The molecular weight excluding hydrogens is 388 g/mol. The van der Waals surface area contributed by atoms with Gasteiger partial charge in [0.2, 0.25) is 0 Å². The van der Waals surface area contributed by atoms with Crippen molar-refractivity contribution in [3.8, 4) is 0 Å². The van der Waals surface area contributed by atoms with Gasteiger partial charge in [0.25, 0.3) is 0 Å². The van der Waals surface area contributed by atoms with Crippen LogP contribution in [0.3, 0.4) is 0 Å². The van der Waals surface area contributed by atoms with E-state index in [4.69, 9.17) is 0 Å². The molecule has 0 spiro atoms. The Bertz CT molecular complexity index is 1070. The first-order valence-electron chi connectivity index (χ1n) is 10.5. The molecule has 0 unspecified atom stereocenters. The average Bonchev–Trinajstić information content (AvgIpc) is 2.78. The summed E-state index contributed by atoms with van der Waals surface area (Å²) < 4.78 is 0. The van der Waals surface area contributed by atoms with E-state index in [1.54, 1.807) is 12.4 Å². The molecular formula is C24H28N6O. The van der Waals surface area contributed by atoms with Crippen molar-refractivity contribution in [2.24, 2.45) is 0 Å². The molecule has 3 aromatic rings. The first-order chi connectivity index (χ1) is 14.9. The highest BCUT2D eigenvalue weighted by atomic mass is 16.3. The molecule has 1 aliphatic heterocycles. The summed E-state index contributed by atoms with van der Waals surface area (Å²) in [7, 11) is 0. The van der Waals surface area contributed by atoms with Gasteiger partial charge in [-0.2, -0.15) is 5.10 Å². The minimum absolute atomic E-state index is 0.0722. The minimum atomic E-state index is -0.0722. The molecule has 3 heterocycles. The Hall–Kier alpha value is -3.48. The van der Waals surface area contributed by atoms with E-state index in [1.807, 2.05) is 6.07 Å². The smallest absolute Gasteiger partial charge is 0.154 e. The summed E-state index contributed by atoms with van der Waals surface area (Å²) in [5.74, 6) is 1.69. The van der Waals surface area contributed by atoms with Crippen LogP contribution < -0.4 is 9.80 Å². The largest absolute Gasteiger partial charge is 0.506 e. The number of nitrogens with zero attached hydrogens (tertiary/aromatic N) is 6. The van der Waals surface area contributed by atoms with Crippen LogP contribution in [0.2, 0.25) is 0 Å². The van der Waals surface area contributed by atoms with Gasteiger partial charge in [0.05, 0.1) is 18.1 Å². The molecule has 1 N–H and O–H groups in total. The quantitative estimate of drug-likeness (QED) is 0.635. The van der Waals surface area contributed by atoms with Crippen LogP contribution in [0, 0.1) is 13.8 Å². The van der Waals surface area contributed by atoms with Gasteiger partial charge < -0.3 is 14.9 Å². The summed E-state index contributed by atoms with van der Waals surface area (Å²) in [5, 5.41) is 18.7. The molecule has 0 saturated carbocycles. The van der Waals surface area contributed by atoms with Gasteiger partial charge in [-0.15, -0.1) is 5.10 Å². The van der Waals surface area contributed by atoms with E-state index in [9.17, 15) is 5.11 Å². The van der Waals surface area contributed by atoms with Crippen molar-refractivity contribution in [3.63, 3.8) is 0 Å². The molecule has 1 fully saturated rings. The number of aliphatic hydroxyl groups excluding tert-OH is 1. The van der Waals surface area contributed by atoms with Crippen molar-refractivity contribution >= 4 is 17.4 Å². The maximum Gasteiger partial charge on any atom is 0.154 e. The molecule has 7 nitrogen and oxygen atoms in total. The number of hydrogen-bond acceptors (Lipinski definition) is 7. The fourth-order valence-electron chi connectivity index (χ4n) is 4.01. The maximum absolute atomic E-state index is 9.46. The lowest BCUT2D eigenvalue weighted by Crippen LogP contribution is -2.53. The molecule has 1 aromatic carbocycles. The second-order valence-electron chi connectivity index (χ2n) is 8.08. The highest BCUT2D eigenvalue weighted by molar-refractivity contribution is 5.54. The Balaban J connectivity index is 1.48. The predicted octanol–water partition coefficient (Wildman–Crippen LogP) is 3.72. The number of aromatic nitrogens is 4. The van der Waals surface area contributed by atoms with Gasteiger partial charge in [-0.1, -0.05) is 36.9 Å². The van der Waals surface area contributed by atoms with Gasteiger partial charge in [-0.25, -0.2) is 9.97 Å². The normalized spacial score (nSPS) is 16.4. The van der Waals surface area contributed by atoms with Gasteiger partial charge in [0, 0.05) is 32.1 Å². The molecule has 2 aromatic heterocycles. The van der Waals surface area contributed by atoms with Crippen LogP contribution in [0.25, 0.3) is 5.76 Å². The van der Waals surface area contributed by atoms with Crippen molar-refractivity contribution in [3.05, 3.63) is 77.4 Å². The lowest BCUT2D eigenvalue weighted by molar-refractivity contribution is 0.509. The lowest BCUT2D eigenvalue weighted by atomic mass is 10.0. The Morgan fingerprint density at radius 2 is 1.84 bits per heavy atom. The molecule has 160 valence electrons. The highest BCUT2D eigenvalue weighted by Crippen LogP contribution is 2.26. The fraction of sp³-hybridized carbons (Fsp3) is 0.333. The number of anilines is 2. The SMILES string of the molecule is C=C(O)c1cnc(N2CCN(c3nnc(Cc4ccccc4)c(C)c3C)C[C@H]2C)cn1. The zero-order valence-electron chi connectivity index (χ0n) is 18.3. The van der Waals surface area contributed by atoms with E-state index >= 15 is 0 Å². The number of benzene rings is 1. The van der Waals surface area contributed by atoms with E-state index in [2.05, 4.69) is 81.6 Å². The van der Waals surface area contributed by atoms with Crippen molar-refractivity contribution in [2.75, 3.05) is 29.4 Å². The van der Waals surface area contributed by atoms with Crippen LogP contribution in [-0.2, 0) is 6.42 Å². The molecule has 31 heavy (non-hydrogen) atoms. The second-order valence-corrected chi connectivity index (χ2v) is 8.08. The molecule has 0 bridgehead atoms. The number of piperazine rings is 1. The minimum Gasteiger partial charge on any atom is -0.506 e. The maximum atomic E-state index is 9.46. The number of rotatable bonds is 5. The van der Waals surface area contributed by atoms with Crippen molar-refractivity contribution < 1.29 is 5.11 Å². The van der Waals surface area contributed by atoms with Crippen LogP contribution in [-0.4, -0.2) is 50.9 Å². The third kappa shape index (κ3) is 4.35. The van der Waals surface area contributed by atoms with Gasteiger partial charge >= 0.3 is 0 Å². The van der Waals surface area contributed by atoms with Gasteiger partial charge in [0.1, 0.15) is 17.3 Å². The first kappa shape index (κ1) is 20.8. The molecule has 0 aliphatic carbocycles. The van der Waals surface area contributed by atoms with Gasteiger partial charge in [-0.05, 0) is 37.5 Å². The van der Waals surface area contributed by atoms with Crippen LogP contribution in [0.1, 0.15) is 35.0 Å². The van der Waals surface area contributed by atoms with Crippen LogP contribution in [0.5, 0.6) is 0 Å². The molecule has 7 heteroatoms. The van der Waals surface area contributed by atoms with E-state index in [1.165, 1.54) is 16.7 Å². The molecule has 1 aliphatic rings. The Morgan fingerprint density at radius 1 is 1.06 bits per heavy atom. The van der Waals surface area contributed by atoms with Gasteiger partial charge in [-0.3, -0.25) is 0 Å². The highest BCUT2D eigenvalue weighted by Gasteiger charge is 2.27. The third-order valence-electron chi connectivity index (χ3n) is 5.97. The zero-order valence-corrected chi connectivity index (χ0v) is 18.3. The fourth-order valence-corrected chi connectivity index (χ4v) is 4.01. The Morgan fingerprint density at radius 3 is 2.48 bits per heavy atom. The Kier molecular flexibility index (Phi) is 5.84. The van der Waals surface area contributed by atoms with E-state index in [0.717, 1.165) is 43.4 Å². The van der Waals surface area contributed by atoms with Crippen LogP contribution in [0.15, 0.2) is 49.3 Å². The summed E-state index contributed by atoms with van der Waals surface area (Å²) in [6.07, 6.45) is 4.04. The summed E-state index contributed by atoms with van der Waals surface area (Å²) in [4.78, 5) is 13.2. The van der Waals surface area contributed by atoms with Gasteiger partial charge in [0.15, 0.2) is 5.82 Å². The summed E-state index contributed by atoms with van der Waals surface area (Å²) in [5.41, 5.74) is 5.06. The van der Waals surface area contributed by atoms with Crippen molar-refractivity contribution in [2.45, 2.75) is 33.2 Å². The summed E-state index contributed by atoms with van der Waals surface area (Å²) in [6, 6.07) is 10.6. The Labute approximate surface area is 183 Å². The molecule has 4 rings (SSSR count). The first-order valence-corrected chi connectivity index (χ1v) is 10.5. The van der Waals surface area contributed by atoms with E-state index < -0.39 is 0 Å².